The molecule has 160 valence electrons. The van der Waals surface area contributed by atoms with Gasteiger partial charge in [0.2, 0.25) is 0 Å². The first-order valence-electron chi connectivity index (χ1n) is 9.34. The summed E-state index contributed by atoms with van der Waals surface area (Å²) < 4.78 is 17.9. The lowest BCUT2D eigenvalue weighted by atomic mass is 9.95. The number of carbonyl (C=O) groups excluding carboxylic acids is 1. The van der Waals surface area contributed by atoms with Crippen molar-refractivity contribution < 1.29 is 19.0 Å². The van der Waals surface area contributed by atoms with Gasteiger partial charge in [-0.1, -0.05) is 23.5 Å². The highest BCUT2D eigenvalue weighted by molar-refractivity contribution is 7.11. The number of carbonyl (C=O) groups is 1. The molecule has 1 aromatic carbocycles. The number of esters is 1. The minimum absolute atomic E-state index is 0.217. The summed E-state index contributed by atoms with van der Waals surface area (Å²) in [6.07, 6.45) is 1.84. The molecular formula is C22H20N2O5S2. The van der Waals surface area contributed by atoms with Gasteiger partial charge >= 0.3 is 5.97 Å². The minimum Gasteiger partial charge on any atom is -0.493 e. The Hall–Kier alpha value is -3.17. The number of ether oxygens (including phenoxy) is 3. The number of hydrogen-bond acceptors (Lipinski definition) is 8. The van der Waals surface area contributed by atoms with Crippen molar-refractivity contribution in [3.63, 3.8) is 0 Å². The first-order chi connectivity index (χ1) is 15.0. The molecule has 1 unspecified atom stereocenters. The van der Waals surface area contributed by atoms with Crippen LogP contribution in [-0.2, 0) is 9.53 Å². The third-order valence-corrected chi connectivity index (χ3v) is 6.77. The number of nitrogens with zero attached hydrogens (tertiary/aromatic N) is 2. The van der Waals surface area contributed by atoms with Crippen molar-refractivity contribution in [2.75, 3.05) is 21.3 Å². The Morgan fingerprint density at radius 1 is 1.16 bits per heavy atom. The monoisotopic (exact) mass is 456 g/mol. The van der Waals surface area contributed by atoms with Crippen LogP contribution in [0.25, 0.3) is 6.08 Å². The second kappa shape index (κ2) is 8.52. The average molecular weight is 457 g/mol. The van der Waals surface area contributed by atoms with Gasteiger partial charge in [0, 0.05) is 4.88 Å². The van der Waals surface area contributed by atoms with Crippen LogP contribution in [0, 0.1) is 0 Å². The van der Waals surface area contributed by atoms with Crippen LogP contribution in [-0.4, -0.2) is 31.9 Å². The lowest BCUT2D eigenvalue weighted by Crippen LogP contribution is -2.39. The zero-order chi connectivity index (χ0) is 22.1. The normalized spacial score (nSPS) is 16.0. The van der Waals surface area contributed by atoms with E-state index in [1.54, 1.807) is 42.1 Å². The second-order valence-corrected chi connectivity index (χ2v) is 8.69. The van der Waals surface area contributed by atoms with Gasteiger partial charge in [-0.05, 0) is 42.1 Å². The standard InChI is InChI=1S/C22H20N2O5S2/c1-12-18(21(26)29-4)19(13-7-8-15(27-2)16(10-13)28-3)24-20(25)17(31-22(24)23-12)11-14-6-5-9-30-14/h5-11,19H,1-4H3/b17-11+. The Morgan fingerprint density at radius 3 is 2.58 bits per heavy atom. The van der Waals surface area contributed by atoms with Crippen molar-refractivity contribution in [3.05, 3.63) is 77.1 Å². The molecule has 7 nitrogen and oxygen atoms in total. The summed E-state index contributed by atoms with van der Waals surface area (Å²) in [5.41, 5.74) is 1.29. The molecular weight excluding hydrogens is 436 g/mol. The smallest absolute Gasteiger partial charge is 0.338 e. The van der Waals surface area contributed by atoms with Crippen molar-refractivity contribution in [1.29, 1.82) is 0 Å². The Kier molecular flexibility index (Phi) is 5.79. The fourth-order valence-electron chi connectivity index (χ4n) is 3.53. The van der Waals surface area contributed by atoms with Gasteiger partial charge < -0.3 is 14.2 Å². The zero-order valence-electron chi connectivity index (χ0n) is 17.4. The maximum absolute atomic E-state index is 13.4. The van der Waals surface area contributed by atoms with E-state index >= 15 is 0 Å². The Morgan fingerprint density at radius 2 is 1.94 bits per heavy atom. The molecule has 0 amide bonds. The van der Waals surface area contributed by atoms with Gasteiger partial charge in [-0.2, -0.15) is 0 Å². The highest BCUT2D eigenvalue weighted by Crippen LogP contribution is 2.35. The van der Waals surface area contributed by atoms with Crippen molar-refractivity contribution in [2.24, 2.45) is 4.99 Å². The van der Waals surface area contributed by atoms with E-state index in [9.17, 15) is 9.59 Å². The number of hydrogen-bond donors (Lipinski definition) is 0. The Bertz CT molecular complexity index is 1350. The predicted molar refractivity (Wildman–Crippen MR) is 120 cm³/mol. The molecule has 9 heteroatoms. The van der Waals surface area contributed by atoms with E-state index in [0.717, 1.165) is 4.88 Å². The summed E-state index contributed by atoms with van der Waals surface area (Å²) in [5, 5.41) is 1.95. The summed E-state index contributed by atoms with van der Waals surface area (Å²) in [6, 6.07) is 8.50. The van der Waals surface area contributed by atoms with E-state index in [2.05, 4.69) is 4.99 Å². The lowest BCUT2D eigenvalue weighted by molar-refractivity contribution is -0.136. The van der Waals surface area contributed by atoms with Gasteiger partial charge in [0.1, 0.15) is 0 Å². The fraction of sp³-hybridized carbons (Fsp3) is 0.227. The number of aromatic nitrogens is 1. The van der Waals surface area contributed by atoms with E-state index in [1.807, 2.05) is 29.7 Å². The number of methoxy groups -OCH3 is 3. The van der Waals surface area contributed by atoms with E-state index in [1.165, 1.54) is 25.6 Å². The molecule has 31 heavy (non-hydrogen) atoms. The first-order valence-corrected chi connectivity index (χ1v) is 11.0. The molecule has 3 heterocycles. The summed E-state index contributed by atoms with van der Waals surface area (Å²) in [6.45, 7) is 1.75. The van der Waals surface area contributed by atoms with Crippen molar-refractivity contribution in [2.45, 2.75) is 13.0 Å². The van der Waals surface area contributed by atoms with E-state index in [0.29, 0.717) is 37.7 Å². The maximum Gasteiger partial charge on any atom is 0.338 e. The zero-order valence-corrected chi connectivity index (χ0v) is 19.0. The minimum atomic E-state index is -0.700. The molecule has 1 aliphatic heterocycles. The summed E-state index contributed by atoms with van der Waals surface area (Å²) in [5.74, 6) is 0.518. The third kappa shape index (κ3) is 3.70. The van der Waals surface area contributed by atoms with Crippen LogP contribution >= 0.6 is 22.7 Å². The molecule has 2 aromatic heterocycles. The molecule has 1 aliphatic rings. The Labute approximate surface area is 186 Å². The summed E-state index contributed by atoms with van der Waals surface area (Å²) in [7, 11) is 4.40. The fourth-order valence-corrected chi connectivity index (χ4v) is 5.30. The van der Waals surface area contributed by atoms with Crippen LogP contribution in [0.5, 0.6) is 11.5 Å². The molecule has 0 saturated heterocycles. The number of thiophene rings is 1. The van der Waals surface area contributed by atoms with Crippen molar-refractivity contribution in [3.8, 4) is 11.5 Å². The lowest BCUT2D eigenvalue weighted by Gasteiger charge is -2.25. The van der Waals surface area contributed by atoms with Crippen molar-refractivity contribution in [1.82, 2.24) is 4.57 Å². The molecule has 0 N–H and O–H groups in total. The van der Waals surface area contributed by atoms with Gasteiger partial charge in [-0.3, -0.25) is 9.36 Å². The van der Waals surface area contributed by atoms with Gasteiger partial charge in [0.25, 0.3) is 5.56 Å². The molecule has 4 rings (SSSR count). The van der Waals surface area contributed by atoms with Crippen LogP contribution in [0.2, 0.25) is 0 Å². The van der Waals surface area contributed by atoms with Crippen LogP contribution < -0.4 is 24.4 Å². The topological polar surface area (TPSA) is 79.1 Å². The number of fused-ring (bicyclic) bond motifs is 1. The number of rotatable bonds is 5. The van der Waals surface area contributed by atoms with E-state index in [-0.39, 0.29) is 5.56 Å². The first kappa shape index (κ1) is 21.1. The SMILES string of the molecule is COC(=O)C1=C(C)N=c2s/c(=C/c3cccs3)c(=O)n2C1c1ccc(OC)c(OC)c1. The van der Waals surface area contributed by atoms with Crippen LogP contribution in [0.15, 0.2) is 56.8 Å². The predicted octanol–water partition coefficient (Wildman–Crippen LogP) is 2.49. The number of allylic oxidation sites excluding steroid dienone is 1. The average Bonchev–Trinajstić information content (AvgIpc) is 3.40. The largest absolute Gasteiger partial charge is 0.493 e. The Balaban J connectivity index is 1.99. The molecule has 0 radical (unpaired) electrons. The van der Waals surface area contributed by atoms with Crippen LogP contribution in [0.1, 0.15) is 23.4 Å². The molecule has 0 aliphatic carbocycles. The molecule has 1 atom stereocenters. The van der Waals surface area contributed by atoms with E-state index < -0.39 is 12.0 Å². The maximum atomic E-state index is 13.4. The van der Waals surface area contributed by atoms with E-state index in [4.69, 9.17) is 14.2 Å². The van der Waals surface area contributed by atoms with Gasteiger partial charge in [-0.15, -0.1) is 11.3 Å². The highest BCUT2D eigenvalue weighted by Gasteiger charge is 2.33. The molecule has 3 aromatic rings. The molecule has 0 saturated carbocycles. The molecule has 0 fully saturated rings. The van der Waals surface area contributed by atoms with Crippen molar-refractivity contribution >= 4 is 34.7 Å². The molecule has 0 spiro atoms. The summed E-state index contributed by atoms with van der Waals surface area (Å²) in [4.78, 5) is 32.2. The van der Waals surface area contributed by atoms with Gasteiger partial charge in [0.15, 0.2) is 16.3 Å². The quantitative estimate of drug-likeness (QED) is 0.551. The van der Waals surface area contributed by atoms with Gasteiger partial charge in [0.05, 0.1) is 43.2 Å². The third-order valence-electron chi connectivity index (χ3n) is 4.97. The highest BCUT2D eigenvalue weighted by atomic mass is 32.1. The van der Waals surface area contributed by atoms with Crippen LogP contribution in [0.3, 0.4) is 0 Å². The second-order valence-electron chi connectivity index (χ2n) is 6.70. The number of benzene rings is 1. The van der Waals surface area contributed by atoms with Crippen LogP contribution in [0.4, 0.5) is 0 Å². The molecule has 0 bridgehead atoms. The summed E-state index contributed by atoms with van der Waals surface area (Å²) >= 11 is 2.84. The number of thiazole rings is 1. The van der Waals surface area contributed by atoms with Gasteiger partial charge in [-0.25, -0.2) is 9.79 Å².